The van der Waals surface area contributed by atoms with E-state index in [0.717, 1.165) is 48.2 Å². The molecule has 56 heavy (non-hydrogen) atoms. The van der Waals surface area contributed by atoms with Crippen LogP contribution in [0, 0.1) is 11.8 Å². The number of aromatic nitrogens is 5. The topological polar surface area (TPSA) is 194 Å². The molecule has 0 radical (unpaired) electrons. The number of rotatable bonds is 10. The molecule has 4 aromatic rings. The maximum atomic E-state index is 14.0. The summed E-state index contributed by atoms with van der Waals surface area (Å²) in [5.74, 6) is -1.79. The Morgan fingerprint density at radius 1 is 1.09 bits per heavy atom. The summed E-state index contributed by atoms with van der Waals surface area (Å²) in [5.41, 5.74) is 4.89. The second-order valence-electron chi connectivity index (χ2n) is 14.5. The van der Waals surface area contributed by atoms with Crippen molar-refractivity contribution in [2.24, 2.45) is 18.9 Å². The second kappa shape index (κ2) is 15.5. The first-order valence-electron chi connectivity index (χ1n) is 18.0. The molecule has 3 aliphatic heterocycles. The van der Waals surface area contributed by atoms with Gasteiger partial charge in [-0.2, -0.15) is 22.6 Å². The van der Waals surface area contributed by atoms with Crippen LogP contribution in [0.1, 0.15) is 39.5 Å². The molecule has 0 atom stereocenters. The minimum absolute atomic E-state index is 0.0227. The van der Waals surface area contributed by atoms with E-state index < -0.39 is 23.7 Å². The summed E-state index contributed by atoms with van der Waals surface area (Å²) in [6.07, 6.45) is 0.0256. The van der Waals surface area contributed by atoms with Crippen molar-refractivity contribution in [2.75, 3.05) is 76.5 Å². The Morgan fingerprint density at radius 2 is 1.79 bits per heavy atom. The number of halogens is 4. The number of likely N-dealkylation sites (tertiary alicyclic amines) is 1. The third kappa shape index (κ3) is 7.95. The summed E-state index contributed by atoms with van der Waals surface area (Å²) < 4.78 is 48.7. The molecule has 0 spiro atoms. The molecule has 3 saturated heterocycles. The van der Waals surface area contributed by atoms with Gasteiger partial charge in [-0.05, 0) is 29.7 Å². The van der Waals surface area contributed by atoms with E-state index in [1.54, 1.807) is 9.80 Å². The standard InChI is InChI=1S/C35H39ClF3N11O5S/c1-46-27(24-17-49(34-26(40)15-43-56-34)45-29(24)35(37,38)39)16-42-30(46)31(53)44-22-2-3-23(25(36)12-22)33(55)48-8-6-47(7-9-48)32(54)21-4-10-50(11-5-21,19-28(51)52)18-20-13-41-14-20/h2-3,12,15-17,20-21,41H,4-11,13-14,18-19,40H2,1H3,(H-,44,51,52,53,55)/p+1. The molecule has 3 amide bonds. The number of carbonyl (C=O) groups excluding carboxylic acids is 3. The Balaban J connectivity index is 0.953. The van der Waals surface area contributed by atoms with Gasteiger partial charge in [0.2, 0.25) is 5.91 Å². The molecule has 0 aliphatic carbocycles. The third-order valence-corrected chi connectivity index (χ3v) is 11.9. The first kappa shape index (κ1) is 39.2. The Labute approximate surface area is 327 Å². The molecular formula is C35H40ClF3N11O5S+. The van der Waals surface area contributed by atoms with Crippen LogP contribution < -0.4 is 16.4 Å². The number of hydrogen-bond donors (Lipinski definition) is 4. The molecule has 0 unspecified atom stereocenters. The fourth-order valence-corrected chi connectivity index (χ4v) is 8.62. The number of nitrogens with one attached hydrogen (secondary N) is 2. The fourth-order valence-electron chi connectivity index (χ4n) is 7.75. The summed E-state index contributed by atoms with van der Waals surface area (Å²) in [6.45, 7) is 5.26. The number of alkyl halides is 3. The lowest BCUT2D eigenvalue weighted by Gasteiger charge is -2.46. The van der Waals surface area contributed by atoms with Gasteiger partial charge in [-0.15, -0.1) is 0 Å². The predicted octanol–water partition coefficient (Wildman–Crippen LogP) is 3.05. The summed E-state index contributed by atoms with van der Waals surface area (Å²) in [4.78, 5) is 59.4. The number of quaternary nitrogens is 1. The number of nitrogen functional groups attached to an aromatic ring is 1. The van der Waals surface area contributed by atoms with E-state index in [4.69, 9.17) is 17.3 Å². The van der Waals surface area contributed by atoms with Crippen LogP contribution in [0.25, 0.3) is 16.3 Å². The summed E-state index contributed by atoms with van der Waals surface area (Å²) >= 11 is 7.41. The highest BCUT2D eigenvalue weighted by atomic mass is 35.5. The number of nitrogens with two attached hydrogens (primary N) is 1. The van der Waals surface area contributed by atoms with Gasteiger partial charge in [0.05, 0.1) is 59.6 Å². The number of amides is 3. The third-order valence-electron chi connectivity index (χ3n) is 10.8. The smallest absolute Gasteiger partial charge is 0.435 e. The van der Waals surface area contributed by atoms with Crippen molar-refractivity contribution < 1.29 is 41.9 Å². The van der Waals surface area contributed by atoms with Crippen LogP contribution in [0.5, 0.6) is 0 Å². The van der Waals surface area contributed by atoms with Gasteiger partial charge < -0.3 is 40.3 Å². The first-order chi connectivity index (χ1) is 26.6. The van der Waals surface area contributed by atoms with Crippen molar-refractivity contribution in [3.05, 3.63) is 58.9 Å². The Hall–Kier alpha value is -5.05. The number of carboxylic acid groups (broad SMARTS) is 1. The number of carboxylic acids is 1. The van der Waals surface area contributed by atoms with E-state index in [2.05, 4.69) is 25.1 Å². The van der Waals surface area contributed by atoms with E-state index in [-0.39, 0.29) is 68.3 Å². The Bertz CT molecular complexity index is 2150. The summed E-state index contributed by atoms with van der Waals surface area (Å²) in [5, 5.41) is 19.4. The highest BCUT2D eigenvalue weighted by Gasteiger charge is 2.42. The molecule has 16 nitrogen and oxygen atoms in total. The number of imidazole rings is 1. The van der Waals surface area contributed by atoms with Gasteiger partial charge in [-0.1, -0.05) is 11.6 Å². The number of anilines is 2. The quantitative estimate of drug-likeness (QED) is 0.173. The van der Waals surface area contributed by atoms with Crippen LogP contribution >= 0.6 is 23.1 Å². The Morgan fingerprint density at radius 3 is 2.38 bits per heavy atom. The molecule has 298 valence electrons. The lowest BCUT2D eigenvalue weighted by molar-refractivity contribution is -0.929. The zero-order valence-corrected chi connectivity index (χ0v) is 31.8. The molecular weight excluding hydrogens is 779 g/mol. The molecule has 21 heteroatoms. The lowest BCUT2D eigenvalue weighted by atomic mass is 9.90. The van der Waals surface area contributed by atoms with E-state index in [1.165, 1.54) is 36.0 Å². The molecule has 3 aromatic heterocycles. The number of piperazine rings is 1. The maximum absolute atomic E-state index is 14.0. The molecule has 6 heterocycles. The van der Waals surface area contributed by atoms with E-state index in [0.29, 0.717) is 62.5 Å². The largest absolute Gasteiger partial charge is 0.477 e. The average molecular weight is 819 g/mol. The molecule has 0 bridgehead atoms. The number of piperidine rings is 1. The Kier molecular flexibility index (Phi) is 10.8. The number of nitrogens with zero attached hydrogens (tertiary/aromatic N) is 8. The summed E-state index contributed by atoms with van der Waals surface area (Å²) in [6, 6.07) is 4.36. The number of aliphatic carboxylic acids is 1. The monoisotopic (exact) mass is 818 g/mol. The van der Waals surface area contributed by atoms with Gasteiger partial charge in [0, 0.05) is 82.9 Å². The van der Waals surface area contributed by atoms with Gasteiger partial charge in [-0.25, -0.2) is 14.5 Å². The molecule has 5 N–H and O–H groups in total. The predicted molar refractivity (Wildman–Crippen MR) is 199 cm³/mol. The highest BCUT2D eigenvalue weighted by Crippen LogP contribution is 2.38. The highest BCUT2D eigenvalue weighted by molar-refractivity contribution is 7.09. The second-order valence-corrected chi connectivity index (χ2v) is 15.7. The van der Waals surface area contributed by atoms with Gasteiger partial charge in [0.15, 0.2) is 23.1 Å². The minimum atomic E-state index is -4.82. The van der Waals surface area contributed by atoms with Crippen molar-refractivity contribution in [1.82, 2.24) is 38.8 Å². The van der Waals surface area contributed by atoms with Crippen molar-refractivity contribution in [3.8, 4) is 16.3 Å². The SMILES string of the molecule is Cn1c(-c2cn(-c3sncc3N)nc2C(F)(F)F)cnc1C(=O)Nc1ccc(C(=O)N2CCN(C(=O)C3CC[N+](CC(=O)O)(CC4CNC4)CC3)CC2)c(Cl)c1. The molecule has 3 fully saturated rings. The van der Waals surface area contributed by atoms with Crippen LogP contribution in [-0.4, -0.2) is 132 Å². The van der Waals surface area contributed by atoms with Crippen molar-refractivity contribution in [1.29, 1.82) is 0 Å². The van der Waals surface area contributed by atoms with Gasteiger partial charge in [0.1, 0.15) is 0 Å². The maximum Gasteiger partial charge on any atom is 0.435 e. The molecule has 3 aliphatic rings. The molecule has 7 rings (SSSR count). The van der Waals surface area contributed by atoms with Crippen LogP contribution in [0.3, 0.4) is 0 Å². The van der Waals surface area contributed by atoms with Gasteiger partial charge >= 0.3 is 12.1 Å². The van der Waals surface area contributed by atoms with Crippen molar-refractivity contribution in [3.63, 3.8) is 0 Å². The zero-order chi connectivity index (χ0) is 39.9. The number of hydrogen-bond acceptors (Lipinski definition) is 10. The number of carbonyl (C=O) groups is 4. The fraction of sp³-hybridized carbons (Fsp3) is 0.457. The lowest BCUT2D eigenvalue weighted by Crippen LogP contribution is -2.62. The van der Waals surface area contributed by atoms with Crippen molar-refractivity contribution in [2.45, 2.75) is 19.0 Å². The van der Waals surface area contributed by atoms with Crippen LogP contribution in [0.2, 0.25) is 5.02 Å². The van der Waals surface area contributed by atoms with Gasteiger partial charge in [0.25, 0.3) is 11.8 Å². The average Bonchev–Trinajstić information content (AvgIpc) is 3.87. The molecule has 0 saturated carbocycles. The summed E-state index contributed by atoms with van der Waals surface area (Å²) in [7, 11) is 1.40. The van der Waals surface area contributed by atoms with E-state index in [9.17, 15) is 37.5 Å². The van der Waals surface area contributed by atoms with E-state index in [1.807, 2.05) is 0 Å². The molecule has 1 aromatic carbocycles. The first-order valence-corrected chi connectivity index (χ1v) is 19.1. The zero-order valence-electron chi connectivity index (χ0n) is 30.3. The normalized spacial score (nSPS) is 20.5. The van der Waals surface area contributed by atoms with Crippen LogP contribution in [0.15, 0.2) is 36.8 Å². The van der Waals surface area contributed by atoms with Gasteiger partial charge in [-0.3, -0.25) is 14.4 Å². The minimum Gasteiger partial charge on any atom is -0.477 e. The van der Waals surface area contributed by atoms with Crippen molar-refractivity contribution >= 4 is 58.2 Å². The van der Waals surface area contributed by atoms with Crippen LogP contribution in [0.4, 0.5) is 24.5 Å². The van der Waals surface area contributed by atoms with Crippen LogP contribution in [-0.2, 0) is 22.8 Å². The van der Waals surface area contributed by atoms with E-state index >= 15 is 0 Å². The number of benzene rings is 1.